The number of para-hydroxylation sites is 1. The van der Waals surface area contributed by atoms with Gasteiger partial charge in [-0.1, -0.05) is 23.7 Å². The Hall–Kier alpha value is -1.16. The Bertz CT molecular complexity index is 571. The molecule has 1 atom stereocenters. The van der Waals surface area contributed by atoms with Crippen LogP contribution in [0.25, 0.3) is 0 Å². The molecular formula is C15H17Cl2NO2. The lowest BCUT2D eigenvalue weighted by Crippen LogP contribution is -2.18. The molecule has 0 aliphatic carbocycles. The van der Waals surface area contributed by atoms with Crippen LogP contribution < -0.4 is 4.74 Å². The van der Waals surface area contributed by atoms with Crippen LogP contribution in [0.2, 0.25) is 5.02 Å². The van der Waals surface area contributed by atoms with Gasteiger partial charge in [0, 0.05) is 18.5 Å². The van der Waals surface area contributed by atoms with E-state index in [9.17, 15) is 0 Å². The summed E-state index contributed by atoms with van der Waals surface area (Å²) in [7, 11) is 2.09. The number of benzene rings is 1. The minimum atomic E-state index is -0.00130. The van der Waals surface area contributed by atoms with Crippen molar-refractivity contribution < 1.29 is 9.15 Å². The highest BCUT2D eigenvalue weighted by Crippen LogP contribution is 2.34. The Balaban J connectivity index is 0.00000147. The predicted octanol–water partition coefficient (Wildman–Crippen LogP) is 4.31. The van der Waals surface area contributed by atoms with Crippen molar-refractivity contribution in [1.29, 1.82) is 0 Å². The molecule has 1 aliphatic rings. The molecule has 5 heteroatoms. The first kappa shape index (κ1) is 15.2. The van der Waals surface area contributed by atoms with Crippen LogP contribution in [0.15, 0.2) is 41.0 Å². The van der Waals surface area contributed by atoms with Crippen molar-refractivity contribution in [3.05, 3.63) is 52.9 Å². The van der Waals surface area contributed by atoms with E-state index in [0.717, 1.165) is 36.6 Å². The van der Waals surface area contributed by atoms with E-state index >= 15 is 0 Å². The first-order chi connectivity index (χ1) is 9.24. The highest BCUT2D eigenvalue weighted by atomic mass is 35.5. The monoisotopic (exact) mass is 313 g/mol. The van der Waals surface area contributed by atoms with Gasteiger partial charge in [-0.3, -0.25) is 4.90 Å². The number of hydrogen-bond acceptors (Lipinski definition) is 3. The van der Waals surface area contributed by atoms with Crippen molar-refractivity contribution >= 4 is 24.0 Å². The van der Waals surface area contributed by atoms with Crippen molar-refractivity contribution in [2.24, 2.45) is 0 Å². The molecule has 1 aromatic carbocycles. The molecule has 20 heavy (non-hydrogen) atoms. The standard InChI is InChI=1S/C15H16ClNO2.ClH/c1-17-8-6-13(11-7-9-18-15(11)10-17)19-14-5-3-2-4-12(14)16;/h2-5,7,9,13H,6,8,10H2,1H3;1H. The maximum absolute atomic E-state index is 6.16. The molecule has 1 unspecified atom stereocenters. The largest absolute Gasteiger partial charge is 0.484 e. The minimum absolute atomic E-state index is 0. The van der Waals surface area contributed by atoms with Gasteiger partial charge in [0.05, 0.1) is 17.8 Å². The van der Waals surface area contributed by atoms with Crippen molar-refractivity contribution in [1.82, 2.24) is 4.90 Å². The molecule has 0 fully saturated rings. The molecule has 0 saturated heterocycles. The SMILES string of the molecule is CN1CCC(Oc2ccccc2Cl)c2ccoc2C1.Cl. The molecule has 3 nitrogen and oxygen atoms in total. The van der Waals surface area contributed by atoms with Gasteiger partial charge in [0.25, 0.3) is 0 Å². The Morgan fingerprint density at radius 3 is 2.90 bits per heavy atom. The molecular weight excluding hydrogens is 297 g/mol. The van der Waals surface area contributed by atoms with E-state index in [1.807, 2.05) is 30.3 Å². The normalized spacial score (nSPS) is 18.8. The second kappa shape index (κ2) is 6.53. The van der Waals surface area contributed by atoms with Gasteiger partial charge in [0.1, 0.15) is 17.6 Å². The third kappa shape index (κ3) is 3.11. The number of nitrogens with zero attached hydrogens (tertiary/aromatic N) is 1. The maximum atomic E-state index is 6.16. The minimum Gasteiger partial charge on any atom is -0.484 e. The number of halogens is 2. The van der Waals surface area contributed by atoms with E-state index in [0.29, 0.717) is 5.02 Å². The lowest BCUT2D eigenvalue weighted by Gasteiger charge is -2.18. The third-order valence-electron chi connectivity index (χ3n) is 3.42. The summed E-state index contributed by atoms with van der Waals surface area (Å²) in [4.78, 5) is 2.23. The molecule has 0 bridgehead atoms. The molecule has 3 rings (SSSR count). The fourth-order valence-electron chi connectivity index (χ4n) is 2.40. The molecule has 2 aromatic rings. The molecule has 0 radical (unpaired) electrons. The van der Waals surface area contributed by atoms with Crippen molar-refractivity contribution in [3.63, 3.8) is 0 Å². The molecule has 0 amide bonds. The summed E-state index contributed by atoms with van der Waals surface area (Å²) in [5, 5.41) is 0.644. The highest BCUT2D eigenvalue weighted by Gasteiger charge is 2.25. The molecule has 2 heterocycles. The van der Waals surface area contributed by atoms with Crippen LogP contribution in [-0.2, 0) is 6.54 Å². The van der Waals surface area contributed by atoms with Crippen LogP contribution in [-0.4, -0.2) is 18.5 Å². The summed E-state index contributed by atoms with van der Waals surface area (Å²) in [5.74, 6) is 1.71. The Kier molecular flexibility index (Phi) is 4.97. The van der Waals surface area contributed by atoms with E-state index in [-0.39, 0.29) is 18.5 Å². The predicted molar refractivity (Wildman–Crippen MR) is 81.7 cm³/mol. The van der Waals surface area contributed by atoms with Crippen LogP contribution >= 0.6 is 24.0 Å². The average Bonchev–Trinajstić information content (AvgIpc) is 2.79. The van der Waals surface area contributed by atoms with E-state index in [1.165, 1.54) is 0 Å². The Morgan fingerprint density at radius 1 is 1.30 bits per heavy atom. The maximum Gasteiger partial charge on any atom is 0.138 e. The smallest absolute Gasteiger partial charge is 0.138 e. The number of hydrogen-bond donors (Lipinski definition) is 0. The van der Waals surface area contributed by atoms with Gasteiger partial charge in [0.2, 0.25) is 0 Å². The molecule has 0 N–H and O–H groups in total. The topological polar surface area (TPSA) is 25.6 Å². The first-order valence-electron chi connectivity index (χ1n) is 6.40. The molecule has 1 aromatic heterocycles. The third-order valence-corrected chi connectivity index (χ3v) is 3.73. The van der Waals surface area contributed by atoms with Crippen LogP contribution in [0.4, 0.5) is 0 Å². The first-order valence-corrected chi connectivity index (χ1v) is 6.78. The second-order valence-electron chi connectivity index (χ2n) is 4.86. The number of ether oxygens (including phenoxy) is 1. The molecule has 0 spiro atoms. The zero-order valence-corrected chi connectivity index (χ0v) is 12.8. The van der Waals surface area contributed by atoms with E-state index in [2.05, 4.69) is 11.9 Å². The van der Waals surface area contributed by atoms with Gasteiger partial charge >= 0.3 is 0 Å². The Labute approximate surface area is 129 Å². The fourth-order valence-corrected chi connectivity index (χ4v) is 2.58. The van der Waals surface area contributed by atoms with Crippen LogP contribution in [0.3, 0.4) is 0 Å². The zero-order chi connectivity index (χ0) is 13.2. The van der Waals surface area contributed by atoms with Crippen molar-refractivity contribution in [2.45, 2.75) is 19.1 Å². The van der Waals surface area contributed by atoms with Gasteiger partial charge in [-0.05, 0) is 25.2 Å². The number of furan rings is 1. The zero-order valence-electron chi connectivity index (χ0n) is 11.2. The summed E-state index contributed by atoms with van der Waals surface area (Å²) in [6.07, 6.45) is 2.65. The van der Waals surface area contributed by atoms with E-state index in [4.69, 9.17) is 20.8 Å². The van der Waals surface area contributed by atoms with Crippen LogP contribution in [0.1, 0.15) is 23.8 Å². The highest BCUT2D eigenvalue weighted by molar-refractivity contribution is 6.32. The lowest BCUT2D eigenvalue weighted by atomic mass is 10.1. The average molecular weight is 314 g/mol. The lowest BCUT2D eigenvalue weighted by molar-refractivity contribution is 0.183. The summed E-state index contributed by atoms with van der Waals surface area (Å²) < 4.78 is 11.6. The van der Waals surface area contributed by atoms with Crippen molar-refractivity contribution in [3.8, 4) is 5.75 Å². The van der Waals surface area contributed by atoms with Gasteiger partial charge in [-0.15, -0.1) is 12.4 Å². The Morgan fingerprint density at radius 2 is 2.10 bits per heavy atom. The number of rotatable bonds is 2. The van der Waals surface area contributed by atoms with Gasteiger partial charge in [0.15, 0.2) is 0 Å². The quantitative estimate of drug-likeness (QED) is 0.826. The fraction of sp³-hybridized carbons (Fsp3) is 0.333. The van der Waals surface area contributed by atoms with E-state index < -0.39 is 0 Å². The molecule has 108 valence electrons. The summed E-state index contributed by atoms with van der Waals surface area (Å²) in [6, 6.07) is 9.57. The van der Waals surface area contributed by atoms with Gasteiger partial charge < -0.3 is 9.15 Å². The number of fused-ring (bicyclic) bond motifs is 1. The summed E-state index contributed by atoms with van der Waals surface area (Å²) in [5.41, 5.74) is 1.13. The van der Waals surface area contributed by atoms with Crippen molar-refractivity contribution in [2.75, 3.05) is 13.6 Å². The summed E-state index contributed by atoms with van der Waals surface area (Å²) >= 11 is 6.16. The second-order valence-corrected chi connectivity index (χ2v) is 5.27. The van der Waals surface area contributed by atoms with Crippen LogP contribution in [0, 0.1) is 0 Å². The summed E-state index contributed by atoms with van der Waals surface area (Å²) in [6.45, 7) is 1.80. The van der Waals surface area contributed by atoms with Gasteiger partial charge in [-0.25, -0.2) is 0 Å². The van der Waals surface area contributed by atoms with Gasteiger partial charge in [-0.2, -0.15) is 0 Å². The molecule has 1 aliphatic heterocycles. The van der Waals surface area contributed by atoms with Crippen LogP contribution in [0.5, 0.6) is 5.75 Å². The molecule has 0 saturated carbocycles. The van der Waals surface area contributed by atoms with E-state index in [1.54, 1.807) is 6.26 Å².